The largest absolute Gasteiger partial charge is 0.466 e. The van der Waals surface area contributed by atoms with Crippen LogP contribution in [0.15, 0.2) is 34.7 Å². The Morgan fingerprint density at radius 3 is 2.54 bits per heavy atom. The highest BCUT2D eigenvalue weighted by atomic mass is 16.5. The predicted octanol–water partition coefficient (Wildman–Crippen LogP) is 4.55. The van der Waals surface area contributed by atoms with Gasteiger partial charge >= 0.3 is 5.97 Å². The SMILES string of the molecule is CCOC(=O)CC(C)NC(=O)c1ccc(Cc2cc(C(C)(C)C)ccc2C)o1. The topological polar surface area (TPSA) is 68.5 Å². The fourth-order valence-electron chi connectivity index (χ4n) is 2.93. The fourth-order valence-corrected chi connectivity index (χ4v) is 2.93. The summed E-state index contributed by atoms with van der Waals surface area (Å²) in [5.74, 6) is 0.320. The molecule has 2 aromatic rings. The molecule has 1 unspecified atom stereocenters. The maximum atomic E-state index is 12.4. The lowest BCUT2D eigenvalue weighted by Crippen LogP contribution is -2.34. The van der Waals surface area contributed by atoms with Crippen molar-refractivity contribution < 1.29 is 18.7 Å². The fraction of sp³-hybridized carbons (Fsp3) is 0.478. The summed E-state index contributed by atoms with van der Waals surface area (Å²) in [4.78, 5) is 23.9. The van der Waals surface area contributed by atoms with Crippen LogP contribution in [0.1, 0.15) is 74.0 Å². The smallest absolute Gasteiger partial charge is 0.307 e. The van der Waals surface area contributed by atoms with Crippen LogP contribution < -0.4 is 5.32 Å². The maximum absolute atomic E-state index is 12.4. The van der Waals surface area contributed by atoms with E-state index >= 15 is 0 Å². The van der Waals surface area contributed by atoms with Gasteiger partial charge in [0, 0.05) is 12.5 Å². The van der Waals surface area contributed by atoms with Crippen molar-refractivity contribution in [2.24, 2.45) is 0 Å². The van der Waals surface area contributed by atoms with E-state index in [0.29, 0.717) is 13.0 Å². The summed E-state index contributed by atoms with van der Waals surface area (Å²) in [6, 6.07) is 9.66. The average Bonchev–Trinajstić information content (AvgIpc) is 3.04. The third-order valence-corrected chi connectivity index (χ3v) is 4.62. The molecular weight excluding hydrogens is 354 g/mol. The van der Waals surface area contributed by atoms with Crippen LogP contribution in [0.4, 0.5) is 0 Å². The number of nitrogens with one attached hydrogen (secondary N) is 1. The number of carbonyl (C=O) groups excluding carboxylic acids is 2. The third-order valence-electron chi connectivity index (χ3n) is 4.62. The Labute approximate surface area is 167 Å². The zero-order valence-electron chi connectivity index (χ0n) is 17.7. The molecule has 0 aliphatic rings. The highest BCUT2D eigenvalue weighted by Gasteiger charge is 2.18. The minimum Gasteiger partial charge on any atom is -0.466 e. The van der Waals surface area contributed by atoms with Gasteiger partial charge in [-0.2, -0.15) is 0 Å². The number of aryl methyl sites for hydroxylation is 1. The van der Waals surface area contributed by atoms with E-state index in [1.165, 1.54) is 16.7 Å². The van der Waals surface area contributed by atoms with Crippen LogP contribution in [0.2, 0.25) is 0 Å². The summed E-state index contributed by atoms with van der Waals surface area (Å²) >= 11 is 0. The first kappa shape index (κ1) is 21.7. The van der Waals surface area contributed by atoms with Crippen molar-refractivity contribution in [3.63, 3.8) is 0 Å². The molecule has 1 atom stereocenters. The van der Waals surface area contributed by atoms with Crippen LogP contribution >= 0.6 is 0 Å². The highest BCUT2D eigenvalue weighted by Crippen LogP contribution is 2.26. The molecule has 1 amide bonds. The van der Waals surface area contributed by atoms with Crippen molar-refractivity contribution in [1.29, 1.82) is 0 Å². The van der Waals surface area contributed by atoms with Gasteiger partial charge in [0.05, 0.1) is 13.0 Å². The predicted molar refractivity (Wildman–Crippen MR) is 110 cm³/mol. The lowest BCUT2D eigenvalue weighted by atomic mass is 9.85. The molecule has 2 rings (SSSR count). The molecule has 0 bridgehead atoms. The number of hydrogen-bond donors (Lipinski definition) is 1. The maximum Gasteiger partial charge on any atom is 0.307 e. The molecule has 0 saturated heterocycles. The monoisotopic (exact) mass is 385 g/mol. The Kier molecular flexibility index (Phi) is 7.05. The van der Waals surface area contributed by atoms with E-state index < -0.39 is 0 Å². The number of esters is 1. The van der Waals surface area contributed by atoms with Crippen molar-refractivity contribution in [3.05, 3.63) is 58.5 Å². The van der Waals surface area contributed by atoms with Gasteiger partial charge in [0.2, 0.25) is 0 Å². The minimum absolute atomic E-state index is 0.0751. The Morgan fingerprint density at radius 1 is 1.18 bits per heavy atom. The summed E-state index contributed by atoms with van der Waals surface area (Å²) in [5.41, 5.74) is 3.72. The zero-order chi connectivity index (χ0) is 20.9. The van der Waals surface area contributed by atoms with Crippen LogP contribution in [0.5, 0.6) is 0 Å². The molecule has 0 saturated carbocycles. The molecule has 1 N–H and O–H groups in total. The number of hydrogen-bond acceptors (Lipinski definition) is 4. The molecule has 1 heterocycles. The summed E-state index contributed by atoms with van der Waals surface area (Å²) in [5, 5.41) is 2.77. The average molecular weight is 386 g/mol. The van der Waals surface area contributed by atoms with Gasteiger partial charge in [-0.25, -0.2) is 0 Å². The van der Waals surface area contributed by atoms with Gasteiger partial charge < -0.3 is 14.5 Å². The summed E-state index contributed by atoms with van der Waals surface area (Å²) < 4.78 is 10.7. The molecule has 0 fully saturated rings. The van der Waals surface area contributed by atoms with Crippen molar-refractivity contribution in [2.75, 3.05) is 6.61 Å². The molecule has 5 nitrogen and oxygen atoms in total. The van der Waals surface area contributed by atoms with E-state index in [0.717, 1.165) is 5.76 Å². The summed E-state index contributed by atoms with van der Waals surface area (Å²) in [7, 11) is 0. The summed E-state index contributed by atoms with van der Waals surface area (Å²) in [6.45, 7) is 12.5. The molecule has 1 aromatic heterocycles. The normalized spacial score (nSPS) is 12.5. The molecular formula is C23H31NO4. The van der Waals surface area contributed by atoms with E-state index in [4.69, 9.17) is 9.15 Å². The van der Waals surface area contributed by atoms with Gasteiger partial charge in [0.1, 0.15) is 5.76 Å². The van der Waals surface area contributed by atoms with Crippen molar-refractivity contribution >= 4 is 11.9 Å². The molecule has 0 aliphatic heterocycles. The Balaban J connectivity index is 2.04. The lowest BCUT2D eigenvalue weighted by Gasteiger charge is -2.20. The molecule has 0 spiro atoms. The Morgan fingerprint density at radius 2 is 1.89 bits per heavy atom. The zero-order valence-corrected chi connectivity index (χ0v) is 17.7. The first-order valence-corrected chi connectivity index (χ1v) is 9.75. The summed E-state index contributed by atoms with van der Waals surface area (Å²) in [6.07, 6.45) is 0.757. The second-order valence-electron chi connectivity index (χ2n) is 8.22. The van der Waals surface area contributed by atoms with Crippen molar-refractivity contribution in [1.82, 2.24) is 5.32 Å². The van der Waals surface area contributed by atoms with Crippen LogP contribution in [0, 0.1) is 6.92 Å². The first-order valence-electron chi connectivity index (χ1n) is 9.75. The number of rotatable bonds is 7. The molecule has 0 aliphatic carbocycles. The second kappa shape index (κ2) is 9.09. The van der Waals surface area contributed by atoms with Crippen LogP contribution in [-0.4, -0.2) is 24.5 Å². The van der Waals surface area contributed by atoms with E-state index in [2.05, 4.69) is 51.2 Å². The van der Waals surface area contributed by atoms with Crippen molar-refractivity contribution in [2.45, 2.75) is 65.8 Å². The molecule has 5 heteroatoms. The van der Waals surface area contributed by atoms with E-state index in [1.54, 1.807) is 19.9 Å². The van der Waals surface area contributed by atoms with Gasteiger partial charge in [-0.05, 0) is 55.0 Å². The number of carbonyl (C=O) groups is 2. The third kappa shape index (κ3) is 5.98. The van der Waals surface area contributed by atoms with E-state index in [9.17, 15) is 9.59 Å². The second-order valence-corrected chi connectivity index (χ2v) is 8.22. The highest BCUT2D eigenvalue weighted by molar-refractivity contribution is 5.92. The molecule has 1 aromatic carbocycles. The lowest BCUT2D eigenvalue weighted by molar-refractivity contribution is -0.143. The van der Waals surface area contributed by atoms with Gasteiger partial charge in [-0.3, -0.25) is 9.59 Å². The standard InChI is InChI=1S/C23H31NO4/c1-7-27-21(25)12-16(3)24-22(26)20-11-10-19(28-20)14-17-13-18(23(4,5)6)9-8-15(17)2/h8-11,13,16H,7,12,14H2,1-6H3,(H,24,26). The first-order chi connectivity index (χ1) is 13.1. The van der Waals surface area contributed by atoms with Gasteiger partial charge in [-0.1, -0.05) is 39.0 Å². The van der Waals surface area contributed by atoms with E-state index in [-0.39, 0.29) is 35.5 Å². The van der Waals surface area contributed by atoms with E-state index in [1.807, 2.05) is 6.07 Å². The number of benzene rings is 1. The number of ether oxygens (including phenoxy) is 1. The molecule has 28 heavy (non-hydrogen) atoms. The molecule has 152 valence electrons. The molecule has 0 radical (unpaired) electrons. The quantitative estimate of drug-likeness (QED) is 0.710. The minimum atomic E-state index is -0.330. The van der Waals surface area contributed by atoms with Crippen molar-refractivity contribution in [3.8, 4) is 0 Å². The number of furan rings is 1. The van der Waals surface area contributed by atoms with Crippen LogP contribution in [-0.2, 0) is 21.4 Å². The van der Waals surface area contributed by atoms with Gasteiger partial charge in [-0.15, -0.1) is 0 Å². The van der Waals surface area contributed by atoms with Gasteiger partial charge in [0.25, 0.3) is 5.91 Å². The number of amides is 1. The Bertz CT molecular complexity index is 829. The Hall–Kier alpha value is -2.56. The van der Waals surface area contributed by atoms with Crippen LogP contribution in [0.3, 0.4) is 0 Å². The van der Waals surface area contributed by atoms with Gasteiger partial charge in [0.15, 0.2) is 5.76 Å². The van der Waals surface area contributed by atoms with Crippen LogP contribution in [0.25, 0.3) is 0 Å².